The zero-order chi connectivity index (χ0) is 21.9. The summed E-state index contributed by atoms with van der Waals surface area (Å²) in [5, 5.41) is 14.3. The van der Waals surface area contributed by atoms with Crippen molar-refractivity contribution in [2.45, 2.75) is 25.3 Å². The van der Waals surface area contributed by atoms with Crippen LogP contribution in [0.3, 0.4) is 0 Å². The maximum absolute atomic E-state index is 13.3. The highest BCUT2D eigenvalue weighted by molar-refractivity contribution is 6.09. The van der Waals surface area contributed by atoms with Gasteiger partial charge in [0, 0.05) is 19.5 Å². The summed E-state index contributed by atoms with van der Waals surface area (Å²) in [5.41, 5.74) is 0.478. The van der Waals surface area contributed by atoms with Crippen LogP contribution < -0.4 is 5.32 Å². The molecule has 0 saturated carbocycles. The first kappa shape index (κ1) is 21.0. The molecule has 2 aromatic carbocycles. The molecule has 0 radical (unpaired) electrons. The second kappa shape index (κ2) is 8.32. The zero-order valence-electron chi connectivity index (χ0n) is 16.9. The molecular formula is C23H23N3O4. The number of hydrogen-bond acceptors (Lipinski definition) is 4. The highest BCUT2D eigenvalue weighted by atomic mass is 16.6. The molecule has 30 heavy (non-hydrogen) atoms. The molecule has 1 fully saturated rings. The van der Waals surface area contributed by atoms with Gasteiger partial charge in [0.25, 0.3) is 17.5 Å². The van der Waals surface area contributed by atoms with Crippen molar-refractivity contribution in [1.29, 1.82) is 0 Å². The second-order valence-electron chi connectivity index (χ2n) is 7.19. The Morgan fingerprint density at radius 2 is 1.87 bits per heavy atom. The first-order chi connectivity index (χ1) is 14.3. The molecule has 1 unspecified atom stereocenters. The number of benzene rings is 2. The zero-order valence-corrected chi connectivity index (χ0v) is 16.9. The van der Waals surface area contributed by atoms with E-state index >= 15 is 0 Å². The fraction of sp³-hybridized carbons (Fsp3) is 0.217. The van der Waals surface area contributed by atoms with Crippen molar-refractivity contribution in [3.8, 4) is 0 Å². The van der Waals surface area contributed by atoms with E-state index in [2.05, 4.69) is 11.9 Å². The Morgan fingerprint density at radius 1 is 1.17 bits per heavy atom. The van der Waals surface area contributed by atoms with Gasteiger partial charge in [-0.25, -0.2) is 0 Å². The van der Waals surface area contributed by atoms with Crippen LogP contribution in [0.25, 0.3) is 12.2 Å². The Kier molecular flexibility index (Phi) is 5.82. The van der Waals surface area contributed by atoms with Crippen LogP contribution in [0, 0.1) is 10.1 Å². The van der Waals surface area contributed by atoms with Gasteiger partial charge >= 0.3 is 0 Å². The van der Waals surface area contributed by atoms with Crippen LogP contribution in [0.5, 0.6) is 0 Å². The number of hydrogen-bond donors (Lipinski definition) is 1. The lowest BCUT2D eigenvalue weighted by Gasteiger charge is -2.41. The molecule has 1 atom stereocenters. The number of nitro benzene ring substituents is 1. The van der Waals surface area contributed by atoms with E-state index in [0.717, 1.165) is 5.56 Å². The Hall–Kier alpha value is -3.74. The average Bonchev–Trinajstić information content (AvgIpc) is 2.75. The van der Waals surface area contributed by atoms with E-state index in [4.69, 9.17) is 0 Å². The van der Waals surface area contributed by atoms with Gasteiger partial charge in [-0.1, -0.05) is 62.0 Å². The topological polar surface area (TPSA) is 92.5 Å². The number of amides is 2. The average molecular weight is 405 g/mol. The van der Waals surface area contributed by atoms with Gasteiger partial charge in [0.2, 0.25) is 0 Å². The van der Waals surface area contributed by atoms with Crippen molar-refractivity contribution in [2.24, 2.45) is 0 Å². The van der Waals surface area contributed by atoms with E-state index in [1.165, 1.54) is 30.2 Å². The van der Waals surface area contributed by atoms with E-state index < -0.39 is 16.4 Å². The number of carbonyl (C=O) groups excluding carboxylic acids is 2. The predicted molar refractivity (Wildman–Crippen MR) is 115 cm³/mol. The Morgan fingerprint density at radius 3 is 2.47 bits per heavy atom. The molecular weight excluding hydrogens is 382 g/mol. The molecule has 0 aliphatic carbocycles. The second-order valence-corrected chi connectivity index (χ2v) is 7.19. The summed E-state index contributed by atoms with van der Waals surface area (Å²) < 4.78 is 0. The number of carbonyl (C=O) groups is 2. The van der Waals surface area contributed by atoms with Crippen LogP contribution in [0.15, 0.2) is 60.8 Å². The number of nitrogens with one attached hydrogen (secondary N) is 1. The highest BCUT2D eigenvalue weighted by Gasteiger charge is 2.46. The molecule has 0 bridgehead atoms. The lowest BCUT2D eigenvalue weighted by Crippen LogP contribution is -2.65. The van der Waals surface area contributed by atoms with Gasteiger partial charge in [0.1, 0.15) is 11.2 Å². The summed E-state index contributed by atoms with van der Waals surface area (Å²) in [6, 6.07) is 14.0. The van der Waals surface area contributed by atoms with Gasteiger partial charge < -0.3 is 10.2 Å². The van der Waals surface area contributed by atoms with E-state index in [1.54, 1.807) is 12.1 Å². The summed E-state index contributed by atoms with van der Waals surface area (Å²) in [7, 11) is 1.52. The van der Waals surface area contributed by atoms with Gasteiger partial charge in [-0.3, -0.25) is 19.7 Å². The van der Waals surface area contributed by atoms with E-state index in [1.807, 2.05) is 37.3 Å². The Balaban J connectivity index is 2.04. The van der Waals surface area contributed by atoms with E-state index in [-0.39, 0.29) is 22.9 Å². The first-order valence-corrected chi connectivity index (χ1v) is 9.59. The number of nitro groups is 1. The van der Waals surface area contributed by atoms with Crippen LogP contribution in [0.1, 0.15) is 30.0 Å². The largest absolute Gasteiger partial charge is 0.336 e. The van der Waals surface area contributed by atoms with Gasteiger partial charge in [-0.2, -0.15) is 0 Å². The molecule has 1 aliphatic heterocycles. The molecule has 1 N–H and O–H groups in total. The van der Waals surface area contributed by atoms with Crippen LogP contribution in [-0.4, -0.2) is 34.2 Å². The summed E-state index contributed by atoms with van der Waals surface area (Å²) >= 11 is 0. The summed E-state index contributed by atoms with van der Waals surface area (Å²) in [5.74, 6) is -0.721. The summed E-state index contributed by atoms with van der Waals surface area (Å²) in [6.07, 6.45) is 3.63. The van der Waals surface area contributed by atoms with Crippen molar-refractivity contribution in [3.05, 3.63) is 87.6 Å². The summed E-state index contributed by atoms with van der Waals surface area (Å²) in [6.45, 7) is 5.54. The predicted octanol–water partition coefficient (Wildman–Crippen LogP) is 3.56. The fourth-order valence-corrected chi connectivity index (χ4v) is 3.71. The molecule has 0 spiro atoms. The minimum atomic E-state index is -1.07. The van der Waals surface area contributed by atoms with E-state index in [0.29, 0.717) is 18.4 Å². The number of rotatable bonds is 6. The van der Waals surface area contributed by atoms with Crippen LogP contribution in [-0.2, 0) is 16.0 Å². The number of nitrogens with zero attached hydrogens (tertiary/aromatic N) is 2. The quantitative estimate of drug-likeness (QED) is 0.452. The van der Waals surface area contributed by atoms with Crippen molar-refractivity contribution in [2.75, 3.05) is 7.05 Å². The maximum atomic E-state index is 13.3. The third-order valence-electron chi connectivity index (χ3n) is 5.43. The third-order valence-corrected chi connectivity index (χ3v) is 5.43. The Bertz CT molecular complexity index is 1050. The molecule has 7 nitrogen and oxygen atoms in total. The fourth-order valence-electron chi connectivity index (χ4n) is 3.71. The molecule has 3 rings (SSSR count). The monoisotopic (exact) mass is 405 g/mol. The highest BCUT2D eigenvalue weighted by Crippen LogP contribution is 2.31. The van der Waals surface area contributed by atoms with Gasteiger partial charge in [-0.15, -0.1) is 0 Å². The van der Waals surface area contributed by atoms with E-state index in [9.17, 15) is 19.7 Å². The molecule has 2 amide bonds. The smallest absolute Gasteiger partial charge is 0.277 e. The molecule has 1 saturated heterocycles. The third kappa shape index (κ3) is 3.74. The SMILES string of the molecule is C=Cc1cccc([N+](=O)[O-])c1/C=C1/C(=O)NC(CC)(Cc2ccccc2)C(=O)N1C. The van der Waals surface area contributed by atoms with Crippen molar-refractivity contribution in [1.82, 2.24) is 10.2 Å². The minimum Gasteiger partial charge on any atom is -0.336 e. The lowest BCUT2D eigenvalue weighted by molar-refractivity contribution is -0.385. The lowest BCUT2D eigenvalue weighted by atomic mass is 9.84. The summed E-state index contributed by atoms with van der Waals surface area (Å²) in [4.78, 5) is 38.6. The van der Waals surface area contributed by atoms with Crippen LogP contribution >= 0.6 is 0 Å². The minimum absolute atomic E-state index is 0.0505. The standard InChI is InChI=1S/C23H23N3O4/c1-4-17-12-9-13-19(26(29)30)18(17)14-20-21(27)24-23(5-2,22(28)25(20)3)15-16-10-7-6-8-11-16/h4,6-14H,1,5,15H2,2-3H3,(H,24,27)/b20-14-. The van der Waals surface area contributed by atoms with Gasteiger partial charge in [0.15, 0.2) is 0 Å². The van der Waals surface area contributed by atoms with Gasteiger partial charge in [0.05, 0.1) is 10.5 Å². The van der Waals surface area contributed by atoms with Crippen molar-refractivity contribution >= 4 is 29.7 Å². The normalized spacial score (nSPS) is 20.2. The molecule has 154 valence electrons. The Labute approximate surface area is 174 Å². The van der Waals surface area contributed by atoms with Crippen LogP contribution in [0.2, 0.25) is 0 Å². The molecule has 2 aromatic rings. The van der Waals surface area contributed by atoms with Gasteiger partial charge in [-0.05, 0) is 23.6 Å². The van der Waals surface area contributed by atoms with Crippen molar-refractivity contribution < 1.29 is 14.5 Å². The molecule has 1 aliphatic rings. The maximum Gasteiger partial charge on any atom is 0.277 e. The first-order valence-electron chi connectivity index (χ1n) is 9.59. The number of piperazine rings is 1. The molecule has 1 heterocycles. The number of likely N-dealkylation sites (N-methyl/N-ethyl adjacent to an activating group) is 1. The molecule has 7 heteroatoms. The van der Waals surface area contributed by atoms with Crippen LogP contribution in [0.4, 0.5) is 5.69 Å². The molecule has 0 aromatic heterocycles. The van der Waals surface area contributed by atoms with Crippen molar-refractivity contribution in [3.63, 3.8) is 0 Å².